The summed E-state index contributed by atoms with van der Waals surface area (Å²) >= 11 is 0. The number of para-hydroxylation sites is 1. The molecule has 100 valence electrons. The molecule has 0 bridgehead atoms. The summed E-state index contributed by atoms with van der Waals surface area (Å²) in [5.41, 5.74) is 6.27. The average Bonchev–Trinajstić information content (AvgIpc) is 2.82. The predicted molar refractivity (Wildman–Crippen MR) is 69.9 cm³/mol. The minimum absolute atomic E-state index is 0. The van der Waals surface area contributed by atoms with Gasteiger partial charge in [0.15, 0.2) is 11.5 Å². The highest BCUT2D eigenvalue weighted by atomic mass is 35.5. The highest BCUT2D eigenvalue weighted by molar-refractivity contribution is 5.85. The Balaban J connectivity index is 0.00000162. The van der Waals surface area contributed by atoms with Crippen molar-refractivity contribution in [1.82, 2.24) is 5.32 Å². The predicted octanol–water partition coefficient (Wildman–Crippen LogP) is 1.19. The van der Waals surface area contributed by atoms with Crippen LogP contribution < -0.4 is 20.5 Å². The van der Waals surface area contributed by atoms with Crippen molar-refractivity contribution < 1.29 is 14.3 Å². The molecule has 0 saturated carbocycles. The fourth-order valence-corrected chi connectivity index (χ4v) is 1.67. The molecular weight excluding hydrogens is 256 g/mol. The lowest BCUT2D eigenvalue weighted by Crippen LogP contribution is -2.23. The van der Waals surface area contributed by atoms with Gasteiger partial charge in [0.2, 0.25) is 12.7 Å². The number of hydrogen-bond acceptors (Lipinski definition) is 4. The second-order valence-electron chi connectivity index (χ2n) is 3.82. The van der Waals surface area contributed by atoms with Gasteiger partial charge in [-0.1, -0.05) is 12.1 Å². The first-order chi connectivity index (χ1) is 8.31. The first-order valence-electron chi connectivity index (χ1n) is 5.65. The summed E-state index contributed by atoms with van der Waals surface area (Å²) in [4.78, 5) is 11.4. The van der Waals surface area contributed by atoms with E-state index in [-0.39, 0.29) is 25.1 Å². The third kappa shape index (κ3) is 3.51. The summed E-state index contributed by atoms with van der Waals surface area (Å²) < 4.78 is 10.6. The van der Waals surface area contributed by atoms with Crippen LogP contribution in [0.5, 0.6) is 11.5 Å². The van der Waals surface area contributed by atoms with Crippen LogP contribution in [0.2, 0.25) is 0 Å². The molecule has 0 radical (unpaired) electrons. The molecular formula is C12H17ClN2O3. The quantitative estimate of drug-likeness (QED) is 0.845. The number of halogens is 1. The van der Waals surface area contributed by atoms with E-state index in [0.29, 0.717) is 25.9 Å². The lowest BCUT2D eigenvalue weighted by molar-refractivity contribution is -0.121. The number of ether oxygens (including phenoxy) is 2. The second-order valence-corrected chi connectivity index (χ2v) is 3.82. The van der Waals surface area contributed by atoms with Crippen LogP contribution in [-0.4, -0.2) is 19.2 Å². The van der Waals surface area contributed by atoms with Crippen LogP contribution in [0.3, 0.4) is 0 Å². The number of rotatable bonds is 5. The molecule has 0 aliphatic carbocycles. The van der Waals surface area contributed by atoms with Gasteiger partial charge in [-0.15, -0.1) is 12.4 Å². The Morgan fingerprint density at radius 1 is 1.39 bits per heavy atom. The molecule has 0 unspecified atom stereocenters. The van der Waals surface area contributed by atoms with Crippen LogP contribution >= 0.6 is 12.4 Å². The van der Waals surface area contributed by atoms with Crippen LogP contribution in [0.4, 0.5) is 0 Å². The number of nitrogens with one attached hydrogen (secondary N) is 1. The van der Waals surface area contributed by atoms with E-state index in [1.807, 2.05) is 18.2 Å². The van der Waals surface area contributed by atoms with E-state index in [4.69, 9.17) is 15.2 Å². The topological polar surface area (TPSA) is 73.6 Å². The molecule has 0 saturated heterocycles. The van der Waals surface area contributed by atoms with Crippen LogP contribution in [-0.2, 0) is 11.3 Å². The van der Waals surface area contributed by atoms with Gasteiger partial charge in [0.05, 0.1) is 0 Å². The Kier molecular flexibility index (Phi) is 5.74. The molecule has 3 N–H and O–H groups in total. The van der Waals surface area contributed by atoms with Gasteiger partial charge in [-0.3, -0.25) is 4.79 Å². The average molecular weight is 273 g/mol. The molecule has 2 rings (SSSR count). The SMILES string of the molecule is Cl.NCCCC(=O)NCc1cccc2c1OCO2. The van der Waals surface area contributed by atoms with Gasteiger partial charge in [-0.05, 0) is 19.0 Å². The Hall–Kier alpha value is -1.46. The zero-order chi connectivity index (χ0) is 12.1. The third-order valence-corrected chi connectivity index (χ3v) is 2.56. The summed E-state index contributed by atoms with van der Waals surface area (Å²) in [5.74, 6) is 1.47. The van der Waals surface area contributed by atoms with Crippen molar-refractivity contribution in [3.8, 4) is 11.5 Å². The summed E-state index contributed by atoms with van der Waals surface area (Å²) in [7, 11) is 0. The first-order valence-corrected chi connectivity index (χ1v) is 5.65. The molecule has 1 aliphatic rings. The lowest BCUT2D eigenvalue weighted by Gasteiger charge is -2.07. The molecule has 0 aromatic heterocycles. The van der Waals surface area contributed by atoms with Crippen LogP contribution in [0.25, 0.3) is 0 Å². The molecule has 5 nitrogen and oxygen atoms in total. The maximum atomic E-state index is 11.4. The van der Waals surface area contributed by atoms with E-state index < -0.39 is 0 Å². The van der Waals surface area contributed by atoms with Crippen molar-refractivity contribution >= 4 is 18.3 Å². The van der Waals surface area contributed by atoms with Crippen LogP contribution in [0, 0.1) is 0 Å². The lowest BCUT2D eigenvalue weighted by atomic mass is 10.2. The molecule has 6 heteroatoms. The summed E-state index contributed by atoms with van der Waals surface area (Å²) in [5, 5.41) is 2.83. The highest BCUT2D eigenvalue weighted by Gasteiger charge is 2.17. The first kappa shape index (κ1) is 14.6. The molecule has 1 aromatic rings. The molecule has 1 aliphatic heterocycles. The van der Waals surface area contributed by atoms with Crippen molar-refractivity contribution in [2.45, 2.75) is 19.4 Å². The minimum Gasteiger partial charge on any atom is -0.454 e. The van der Waals surface area contributed by atoms with Gasteiger partial charge >= 0.3 is 0 Å². The fourth-order valence-electron chi connectivity index (χ4n) is 1.67. The second kappa shape index (κ2) is 7.08. The molecule has 0 fully saturated rings. The zero-order valence-corrected chi connectivity index (χ0v) is 10.8. The number of benzene rings is 1. The highest BCUT2D eigenvalue weighted by Crippen LogP contribution is 2.35. The molecule has 0 spiro atoms. The largest absolute Gasteiger partial charge is 0.454 e. The van der Waals surface area contributed by atoms with E-state index in [1.165, 1.54) is 0 Å². The molecule has 1 aromatic carbocycles. The number of amides is 1. The van der Waals surface area contributed by atoms with Gasteiger partial charge in [0.25, 0.3) is 0 Å². The van der Waals surface area contributed by atoms with Crippen molar-refractivity contribution in [1.29, 1.82) is 0 Å². The van der Waals surface area contributed by atoms with E-state index in [2.05, 4.69) is 5.32 Å². The number of carbonyl (C=O) groups is 1. The van der Waals surface area contributed by atoms with Gasteiger partial charge in [0.1, 0.15) is 0 Å². The summed E-state index contributed by atoms with van der Waals surface area (Å²) in [6.07, 6.45) is 1.17. The Morgan fingerprint density at radius 2 is 2.22 bits per heavy atom. The maximum absolute atomic E-state index is 11.4. The van der Waals surface area contributed by atoms with E-state index in [9.17, 15) is 4.79 Å². The molecule has 18 heavy (non-hydrogen) atoms. The maximum Gasteiger partial charge on any atom is 0.231 e. The molecule has 1 heterocycles. The number of fused-ring (bicyclic) bond motifs is 1. The van der Waals surface area contributed by atoms with Crippen molar-refractivity contribution in [2.24, 2.45) is 5.73 Å². The van der Waals surface area contributed by atoms with Gasteiger partial charge in [0, 0.05) is 18.5 Å². The van der Waals surface area contributed by atoms with E-state index in [1.54, 1.807) is 0 Å². The fraction of sp³-hybridized carbons (Fsp3) is 0.417. The Bertz CT molecular complexity index is 412. The monoisotopic (exact) mass is 272 g/mol. The van der Waals surface area contributed by atoms with Crippen LogP contribution in [0.1, 0.15) is 18.4 Å². The van der Waals surface area contributed by atoms with Crippen molar-refractivity contribution in [2.75, 3.05) is 13.3 Å². The minimum atomic E-state index is 0. The number of hydrogen-bond donors (Lipinski definition) is 2. The molecule has 1 amide bonds. The molecule has 0 atom stereocenters. The van der Waals surface area contributed by atoms with E-state index in [0.717, 1.165) is 17.1 Å². The number of nitrogens with two attached hydrogens (primary N) is 1. The van der Waals surface area contributed by atoms with Crippen molar-refractivity contribution in [3.05, 3.63) is 23.8 Å². The van der Waals surface area contributed by atoms with Gasteiger partial charge in [-0.2, -0.15) is 0 Å². The third-order valence-electron chi connectivity index (χ3n) is 2.56. The summed E-state index contributed by atoms with van der Waals surface area (Å²) in [6.45, 7) is 1.23. The standard InChI is InChI=1S/C12H16N2O3.ClH/c13-6-2-5-11(15)14-7-9-3-1-4-10-12(9)17-8-16-10;/h1,3-4H,2,5-8,13H2,(H,14,15);1H. The van der Waals surface area contributed by atoms with Crippen LogP contribution in [0.15, 0.2) is 18.2 Å². The van der Waals surface area contributed by atoms with E-state index >= 15 is 0 Å². The normalized spacial score (nSPS) is 11.8. The number of carbonyl (C=O) groups excluding carboxylic acids is 1. The van der Waals surface area contributed by atoms with Gasteiger partial charge in [-0.25, -0.2) is 0 Å². The zero-order valence-electron chi connectivity index (χ0n) is 9.98. The van der Waals surface area contributed by atoms with Gasteiger partial charge < -0.3 is 20.5 Å². The smallest absolute Gasteiger partial charge is 0.231 e. The Labute approximate surface area is 112 Å². The Morgan fingerprint density at radius 3 is 3.00 bits per heavy atom. The van der Waals surface area contributed by atoms with Crippen molar-refractivity contribution in [3.63, 3.8) is 0 Å². The summed E-state index contributed by atoms with van der Waals surface area (Å²) in [6, 6.07) is 5.65.